The smallest absolute Gasteiger partial charge is 0.133 e. The maximum Gasteiger partial charge on any atom is 0.133 e. The summed E-state index contributed by atoms with van der Waals surface area (Å²) in [6, 6.07) is 8.50. The van der Waals surface area contributed by atoms with Crippen LogP contribution in [0.25, 0.3) is 11.1 Å². The third-order valence-electron chi connectivity index (χ3n) is 3.77. The Balaban J connectivity index is 1.88. The maximum atomic E-state index is 13.9. The summed E-state index contributed by atoms with van der Waals surface area (Å²) < 4.78 is 27.2. The van der Waals surface area contributed by atoms with Crippen LogP contribution < -0.4 is 5.32 Å². The van der Waals surface area contributed by atoms with Crippen LogP contribution in [-0.4, -0.2) is 6.04 Å². The largest absolute Gasteiger partial charge is 0.310 e. The molecule has 1 nitrogen and oxygen atoms in total. The SMILES string of the molecule is Cc1cc(-c2ccc(CNC3CC3)c(Cl)c2)c(F)cc1F. The van der Waals surface area contributed by atoms with Gasteiger partial charge in [0.1, 0.15) is 11.6 Å². The normalized spacial score (nSPS) is 14.5. The molecule has 0 spiro atoms. The number of rotatable bonds is 4. The summed E-state index contributed by atoms with van der Waals surface area (Å²) in [5, 5.41) is 3.99. The average Bonchev–Trinajstić information content (AvgIpc) is 3.25. The van der Waals surface area contributed by atoms with Crippen LogP contribution in [-0.2, 0) is 6.54 Å². The summed E-state index contributed by atoms with van der Waals surface area (Å²) in [7, 11) is 0. The van der Waals surface area contributed by atoms with E-state index >= 15 is 0 Å². The molecule has 0 amide bonds. The highest BCUT2D eigenvalue weighted by Gasteiger charge is 2.20. The second kappa shape index (κ2) is 5.74. The first kappa shape index (κ1) is 14.5. The van der Waals surface area contributed by atoms with Crippen molar-refractivity contribution >= 4 is 11.6 Å². The van der Waals surface area contributed by atoms with Crippen LogP contribution in [0.5, 0.6) is 0 Å². The van der Waals surface area contributed by atoms with E-state index < -0.39 is 11.6 Å². The van der Waals surface area contributed by atoms with E-state index in [9.17, 15) is 8.78 Å². The Morgan fingerprint density at radius 2 is 1.90 bits per heavy atom. The molecule has 1 aliphatic carbocycles. The van der Waals surface area contributed by atoms with Gasteiger partial charge in [0.25, 0.3) is 0 Å². The summed E-state index contributed by atoms with van der Waals surface area (Å²) in [4.78, 5) is 0. The molecule has 2 aromatic rings. The highest BCUT2D eigenvalue weighted by atomic mass is 35.5. The molecule has 0 bridgehead atoms. The second-order valence-electron chi connectivity index (χ2n) is 5.54. The Kier molecular flexibility index (Phi) is 3.96. The van der Waals surface area contributed by atoms with Crippen molar-refractivity contribution in [3.63, 3.8) is 0 Å². The summed E-state index contributed by atoms with van der Waals surface area (Å²) in [6.07, 6.45) is 2.44. The van der Waals surface area contributed by atoms with E-state index in [-0.39, 0.29) is 0 Å². The van der Waals surface area contributed by atoms with Gasteiger partial charge < -0.3 is 5.32 Å². The third kappa shape index (κ3) is 3.25. The van der Waals surface area contributed by atoms with Crippen molar-refractivity contribution in [2.75, 3.05) is 0 Å². The van der Waals surface area contributed by atoms with Crippen molar-refractivity contribution in [1.82, 2.24) is 5.32 Å². The number of benzene rings is 2. The van der Waals surface area contributed by atoms with Gasteiger partial charge in [-0.25, -0.2) is 8.78 Å². The maximum absolute atomic E-state index is 13.9. The number of hydrogen-bond donors (Lipinski definition) is 1. The molecule has 0 atom stereocenters. The van der Waals surface area contributed by atoms with Crippen LogP contribution >= 0.6 is 11.6 Å². The summed E-state index contributed by atoms with van der Waals surface area (Å²) in [5.41, 5.74) is 2.45. The number of aryl methyl sites for hydroxylation is 1. The minimum Gasteiger partial charge on any atom is -0.310 e. The Bertz CT molecular complexity index is 681. The average molecular weight is 308 g/mol. The van der Waals surface area contributed by atoms with Gasteiger partial charge in [0.05, 0.1) is 0 Å². The van der Waals surface area contributed by atoms with Crippen LogP contribution in [0.1, 0.15) is 24.0 Å². The van der Waals surface area contributed by atoms with Gasteiger partial charge in [0.15, 0.2) is 0 Å². The molecule has 1 saturated carbocycles. The number of halogens is 3. The first-order valence-corrected chi connectivity index (χ1v) is 7.40. The monoisotopic (exact) mass is 307 g/mol. The number of nitrogens with one attached hydrogen (secondary N) is 1. The van der Waals surface area contributed by atoms with Crippen molar-refractivity contribution in [2.45, 2.75) is 32.4 Å². The molecule has 0 aliphatic heterocycles. The standard InChI is InChI=1S/C17H16ClF2N/c1-10-6-14(17(20)8-16(10)19)11-2-3-12(15(18)7-11)9-21-13-4-5-13/h2-3,6-8,13,21H,4-5,9H2,1H3. The Morgan fingerprint density at radius 3 is 2.57 bits per heavy atom. The van der Waals surface area contributed by atoms with E-state index in [1.54, 1.807) is 13.0 Å². The summed E-state index contributed by atoms with van der Waals surface area (Å²) in [6.45, 7) is 2.34. The van der Waals surface area contributed by atoms with Gasteiger partial charge in [-0.05, 0) is 48.6 Å². The Hall–Kier alpha value is -1.45. The fourth-order valence-electron chi connectivity index (χ4n) is 2.28. The van der Waals surface area contributed by atoms with Gasteiger partial charge in [0, 0.05) is 29.2 Å². The van der Waals surface area contributed by atoms with Gasteiger partial charge in [0.2, 0.25) is 0 Å². The van der Waals surface area contributed by atoms with Crippen molar-refractivity contribution in [3.05, 3.63) is 58.1 Å². The lowest BCUT2D eigenvalue weighted by molar-refractivity contribution is 0.579. The molecule has 4 heteroatoms. The van der Waals surface area contributed by atoms with E-state index in [0.29, 0.717) is 34.3 Å². The fourth-order valence-corrected chi connectivity index (χ4v) is 2.53. The van der Waals surface area contributed by atoms with E-state index in [1.807, 2.05) is 12.1 Å². The molecule has 1 N–H and O–H groups in total. The van der Waals surface area contributed by atoms with Crippen molar-refractivity contribution in [1.29, 1.82) is 0 Å². The minimum atomic E-state index is -0.571. The van der Waals surface area contributed by atoms with Gasteiger partial charge in [-0.2, -0.15) is 0 Å². The van der Waals surface area contributed by atoms with Gasteiger partial charge >= 0.3 is 0 Å². The molecule has 2 aromatic carbocycles. The molecule has 21 heavy (non-hydrogen) atoms. The van der Waals surface area contributed by atoms with Crippen LogP contribution in [0.4, 0.5) is 8.78 Å². The molecule has 1 aliphatic rings. The molecule has 110 valence electrons. The van der Waals surface area contributed by atoms with Crippen molar-refractivity contribution in [2.24, 2.45) is 0 Å². The lowest BCUT2D eigenvalue weighted by Crippen LogP contribution is -2.15. The molecule has 0 aromatic heterocycles. The van der Waals surface area contributed by atoms with Gasteiger partial charge in [-0.3, -0.25) is 0 Å². The molecule has 0 unspecified atom stereocenters. The molecule has 0 heterocycles. The summed E-state index contributed by atoms with van der Waals surface area (Å²) >= 11 is 6.27. The van der Waals surface area contributed by atoms with Crippen LogP contribution in [0.2, 0.25) is 5.02 Å². The predicted octanol–water partition coefficient (Wildman–Crippen LogP) is 4.85. The fraction of sp³-hybridized carbons (Fsp3) is 0.294. The lowest BCUT2D eigenvalue weighted by atomic mass is 10.0. The molecular formula is C17H16ClF2N. The Labute approximate surface area is 127 Å². The quantitative estimate of drug-likeness (QED) is 0.852. The molecule has 3 rings (SSSR count). The summed E-state index contributed by atoms with van der Waals surface area (Å²) in [5.74, 6) is -1.11. The number of hydrogen-bond acceptors (Lipinski definition) is 1. The van der Waals surface area contributed by atoms with E-state index in [4.69, 9.17) is 11.6 Å². The highest BCUT2D eigenvalue weighted by Crippen LogP contribution is 2.30. The van der Waals surface area contributed by atoms with E-state index in [2.05, 4.69) is 5.32 Å². The highest BCUT2D eigenvalue weighted by molar-refractivity contribution is 6.31. The minimum absolute atomic E-state index is 0.373. The zero-order valence-electron chi connectivity index (χ0n) is 11.7. The van der Waals surface area contributed by atoms with Crippen LogP contribution in [0.15, 0.2) is 30.3 Å². The van der Waals surface area contributed by atoms with Crippen LogP contribution in [0.3, 0.4) is 0 Å². The molecular weight excluding hydrogens is 292 g/mol. The van der Waals surface area contributed by atoms with Crippen molar-refractivity contribution < 1.29 is 8.78 Å². The first-order chi connectivity index (χ1) is 10.0. The van der Waals surface area contributed by atoms with Crippen LogP contribution in [0, 0.1) is 18.6 Å². The first-order valence-electron chi connectivity index (χ1n) is 7.02. The second-order valence-corrected chi connectivity index (χ2v) is 5.95. The third-order valence-corrected chi connectivity index (χ3v) is 4.12. The van der Waals surface area contributed by atoms with Gasteiger partial charge in [-0.15, -0.1) is 0 Å². The topological polar surface area (TPSA) is 12.0 Å². The molecule has 0 saturated heterocycles. The molecule has 0 radical (unpaired) electrons. The zero-order valence-corrected chi connectivity index (χ0v) is 12.5. The van der Waals surface area contributed by atoms with E-state index in [0.717, 1.165) is 11.6 Å². The molecule has 1 fully saturated rings. The zero-order chi connectivity index (χ0) is 15.0. The predicted molar refractivity (Wildman–Crippen MR) is 81.4 cm³/mol. The van der Waals surface area contributed by atoms with Gasteiger partial charge in [-0.1, -0.05) is 23.7 Å². The van der Waals surface area contributed by atoms with Crippen molar-refractivity contribution in [3.8, 4) is 11.1 Å². The van der Waals surface area contributed by atoms with E-state index in [1.165, 1.54) is 18.9 Å². The lowest BCUT2D eigenvalue weighted by Gasteiger charge is -2.10. The Morgan fingerprint density at radius 1 is 1.14 bits per heavy atom.